The van der Waals surface area contributed by atoms with Gasteiger partial charge in [0.05, 0.1) is 0 Å². The van der Waals surface area contributed by atoms with Gasteiger partial charge < -0.3 is 0 Å². The highest BCUT2D eigenvalue weighted by atomic mass is 15.0. The summed E-state index contributed by atoms with van der Waals surface area (Å²) in [7, 11) is 0. The molecular formula is C34H25N3. The number of benzene rings is 5. The molecule has 176 valence electrons. The zero-order valence-electron chi connectivity index (χ0n) is 20.5. The van der Waals surface area contributed by atoms with Crippen molar-refractivity contribution in [2.45, 2.75) is 6.92 Å². The maximum atomic E-state index is 4.90. The van der Waals surface area contributed by atoms with E-state index in [0.717, 1.165) is 27.8 Å². The Bertz CT molecular complexity index is 1520. The fourth-order valence-corrected chi connectivity index (χ4v) is 4.35. The van der Waals surface area contributed by atoms with Crippen molar-refractivity contribution < 1.29 is 0 Å². The van der Waals surface area contributed by atoms with Crippen molar-refractivity contribution >= 4 is 0 Å². The largest absolute Gasteiger partial charge is 0.208 e. The van der Waals surface area contributed by atoms with Gasteiger partial charge in [0.2, 0.25) is 0 Å². The van der Waals surface area contributed by atoms with Gasteiger partial charge in [0.15, 0.2) is 17.5 Å². The first kappa shape index (κ1) is 22.6. The molecule has 3 heteroatoms. The fourth-order valence-electron chi connectivity index (χ4n) is 4.35. The summed E-state index contributed by atoms with van der Waals surface area (Å²) < 4.78 is 0. The molecule has 0 saturated carbocycles. The van der Waals surface area contributed by atoms with Gasteiger partial charge in [-0.15, -0.1) is 0 Å². The van der Waals surface area contributed by atoms with E-state index < -0.39 is 0 Å². The van der Waals surface area contributed by atoms with Crippen molar-refractivity contribution in [3.8, 4) is 56.4 Å². The fraction of sp³-hybridized carbons (Fsp3) is 0.0294. The highest BCUT2D eigenvalue weighted by Gasteiger charge is 2.13. The predicted octanol–water partition coefficient (Wildman–Crippen LogP) is 8.52. The summed E-state index contributed by atoms with van der Waals surface area (Å²) in [5.74, 6) is 1.99. The summed E-state index contributed by atoms with van der Waals surface area (Å²) in [5, 5.41) is 0. The highest BCUT2D eigenvalue weighted by Crippen LogP contribution is 2.28. The standard InChI is InChI=1S/C34H25N3/c1-24-12-14-29(15-13-24)32-35-33(30-20-16-27(17-21-30)25-8-4-2-5-9-25)37-34(36-32)31-22-18-28(19-23-31)26-10-6-3-7-11-26/h2-23H,1H3. The van der Waals surface area contributed by atoms with E-state index in [1.807, 2.05) is 12.1 Å². The van der Waals surface area contributed by atoms with Crippen molar-refractivity contribution in [3.05, 3.63) is 139 Å². The van der Waals surface area contributed by atoms with Crippen LogP contribution < -0.4 is 0 Å². The van der Waals surface area contributed by atoms with Crippen LogP contribution in [0, 0.1) is 6.92 Å². The molecule has 0 fully saturated rings. The van der Waals surface area contributed by atoms with Gasteiger partial charge in [-0.2, -0.15) is 0 Å². The number of aryl methyl sites for hydroxylation is 1. The normalized spacial score (nSPS) is 10.8. The molecular weight excluding hydrogens is 450 g/mol. The van der Waals surface area contributed by atoms with Crippen LogP contribution in [-0.2, 0) is 0 Å². The van der Waals surface area contributed by atoms with Crippen LogP contribution >= 0.6 is 0 Å². The lowest BCUT2D eigenvalue weighted by Crippen LogP contribution is -2.00. The summed E-state index contributed by atoms with van der Waals surface area (Å²) in [6.45, 7) is 2.08. The molecule has 0 aliphatic rings. The molecule has 37 heavy (non-hydrogen) atoms. The molecule has 5 aromatic carbocycles. The number of hydrogen-bond acceptors (Lipinski definition) is 3. The minimum Gasteiger partial charge on any atom is -0.208 e. The first-order valence-corrected chi connectivity index (χ1v) is 12.4. The minimum atomic E-state index is 0.660. The second kappa shape index (κ2) is 10.00. The second-order valence-electron chi connectivity index (χ2n) is 9.06. The molecule has 0 aliphatic carbocycles. The van der Waals surface area contributed by atoms with Crippen LogP contribution in [0.3, 0.4) is 0 Å². The Morgan fingerprint density at radius 3 is 0.919 bits per heavy atom. The molecule has 1 aromatic heterocycles. The van der Waals surface area contributed by atoms with Crippen LogP contribution in [0.4, 0.5) is 0 Å². The average Bonchev–Trinajstić information content (AvgIpc) is 2.98. The maximum Gasteiger partial charge on any atom is 0.164 e. The molecule has 0 aliphatic heterocycles. The van der Waals surface area contributed by atoms with Crippen LogP contribution in [0.1, 0.15) is 5.56 Å². The smallest absolute Gasteiger partial charge is 0.164 e. The Hall–Kier alpha value is -4.89. The summed E-state index contributed by atoms with van der Waals surface area (Å²) >= 11 is 0. The maximum absolute atomic E-state index is 4.90. The highest BCUT2D eigenvalue weighted by molar-refractivity contribution is 5.72. The van der Waals surface area contributed by atoms with E-state index in [-0.39, 0.29) is 0 Å². The molecule has 0 N–H and O–H groups in total. The van der Waals surface area contributed by atoms with Gasteiger partial charge in [-0.3, -0.25) is 0 Å². The molecule has 3 nitrogen and oxygen atoms in total. The third-order valence-electron chi connectivity index (χ3n) is 6.45. The Morgan fingerprint density at radius 2 is 0.568 bits per heavy atom. The monoisotopic (exact) mass is 475 g/mol. The van der Waals surface area contributed by atoms with Crippen LogP contribution in [0.15, 0.2) is 133 Å². The molecule has 6 aromatic rings. The lowest BCUT2D eigenvalue weighted by atomic mass is 10.0. The zero-order chi connectivity index (χ0) is 25.0. The molecule has 6 rings (SSSR count). The third-order valence-corrected chi connectivity index (χ3v) is 6.45. The van der Waals surface area contributed by atoms with Gasteiger partial charge in [0.25, 0.3) is 0 Å². The van der Waals surface area contributed by atoms with E-state index in [2.05, 4.69) is 128 Å². The third kappa shape index (κ3) is 4.93. The van der Waals surface area contributed by atoms with E-state index in [1.165, 1.54) is 16.7 Å². The van der Waals surface area contributed by atoms with Gasteiger partial charge >= 0.3 is 0 Å². The van der Waals surface area contributed by atoms with Crippen LogP contribution in [0.2, 0.25) is 0 Å². The topological polar surface area (TPSA) is 38.7 Å². The summed E-state index contributed by atoms with van der Waals surface area (Å²) in [5.41, 5.74) is 8.77. The van der Waals surface area contributed by atoms with Crippen LogP contribution in [0.25, 0.3) is 56.4 Å². The first-order valence-electron chi connectivity index (χ1n) is 12.4. The lowest BCUT2D eigenvalue weighted by molar-refractivity contribution is 1.07. The van der Waals surface area contributed by atoms with Gasteiger partial charge in [0, 0.05) is 16.7 Å². The average molecular weight is 476 g/mol. The van der Waals surface area contributed by atoms with Crippen molar-refractivity contribution in [2.75, 3.05) is 0 Å². The van der Waals surface area contributed by atoms with Crippen LogP contribution in [-0.4, -0.2) is 15.0 Å². The quantitative estimate of drug-likeness (QED) is 0.251. The van der Waals surface area contributed by atoms with E-state index >= 15 is 0 Å². The van der Waals surface area contributed by atoms with Crippen molar-refractivity contribution in [1.29, 1.82) is 0 Å². The number of nitrogens with zero attached hydrogens (tertiary/aromatic N) is 3. The summed E-state index contributed by atoms with van der Waals surface area (Å²) in [6, 6.07) is 45.8. The predicted molar refractivity (Wildman–Crippen MR) is 152 cm³/mol. The van der Waals surface area contributed by atoms with E-state index in [4.69, 9.17) is 15.0 Å². The van der Waals surface area contributed by atoms with E-state index in [9.17, 15) is 0 Å². The molecule has 0 unspecified atom stereocenters. The Labute approximate surface area is 217 Å². The minimum absolute atomic E-state index is 0.660. The first-order chi connectivity index (χ1) is 18.2. The number of rotatable bonds is 5. The van der Waals surface area contributed by atoms with Crippen LogP contribution in [0.5, 0.6) is 0 Å². The molecule has 0 spiro atoms. The van der Waals surface area contributed by atoms with Crippen molar-refractivity contribution in [3.63, 3.8) is 0 Å². The lowest BCUT2D eigenvalue weighted by Gasteiger charge is -2.10. The van der Waals surface area contributed by atoms with E-state index in [1.54, 1.807) is 0 Å². The Kier molecular flexibility index (Phi) is 6.10. The van der Waals surface area contributed by atoms with Crippen molar-refractivity contribution in [1.82, 2.24) is 15.0 Å². The molecule has 0 bridgehead atoms. The van der Waals surface area contributed by atoms with Gasteiger partial charge in [0.1, 0.15) is 0 Å². The molecule has 0 radical (unpaired) electrons. The summed E-state index contributed by atoms with van der Waals surface area (Å²) in [4.78, 5) is 14.6. The van der Waals surface area contributed by atoms with Gasteiger partial charge in [-0.05, 0) is 29.2 Å². The molecule has 0 saturated heterocycles. The van der Waals surface area contributed by atoms with Crippen molar-refractivity contribution in [2.24, 2.45) is 0 Å². The molecule has 1 heterocycles. The van der Waals surface area contributed by atoms with Gasteiger partial charge in [-0.1, -0.05) is 139 Å². The zero-order valence-corrected chi connectivity index (χ0v) is 20.5. The number of aromatic nitrogens is 3. The number of hydrogen-bond donors (Lipinski definition) is 0. The second-order valence-corrected chi connectivity index (χ2v) is 9.06. The summed E-state index contributed by atoms with van der Waals surface area (Å²) in [6.07, 6.45) is 0. The SMILES string of the molecule is Cc1ccc(-c2nc(-c3ccc(-c4ccccc4)cc3)nc(-c3ccc(-c4ccccc4)cc3)n2)cc1. The molecule has 0 amide bonds. The Morgan fingerprint density at radius 1 is 0.297 bits per heavy atom. The molecule has 0 atom stereocenters. The Balaban J connectivity index is 1.42. The van der Waals surface area contributed by atoms with Gasteiger partial charge in [-0.25, -0.2) is 15.0 Å². The van der Waals surface area contributed by atoms with E-state index in [0.29, 0.717) is 17.5 Å².